The molecule has 0 unspecified atom stereocenters. The van der Waals surface area contributed by atoms with E-state index in [0.717, 1.165) is 59.1 Å². The van der Waals surface area contributed by atoms with Gasteiger partial charge in [0.25, 0.3) is 0 Å². The van der Waals surface area contributed by atoms with Crippen molar-refractivity contribution in [3.63, 3.8) is 0 Å². The monoisotopic (exact) mass is 411 g/mol. The Labute approximate surface area is 176 Å². The normalized spacial score (nSPS) is 15.1. The largest absolute Gasteiger partial charge is 0.497 e. The topological polar surface area (TPSA) is 37.7 Å². The molecule has 1 aromatic heterocycles. The predicted octanol–water partition coefficient (Wildman–Crippen LogP) is 4.15. The average molecular weight is 412 g/mol. The predicted molar refractivity (Wildman–Crippen MR) is 119 cm³/mol. The number of halogens is 1. The molecule has 0 radical (unpaired) electrons. The van der Waals surface area contributed by atoms with Gasteiger partial charge in [-0.05, 0) is 49.4 Å². The van der Waals surface area contributed by atoms with Crippen LogP contribution in [0.25, 0.3) is 10.9 Å². The van der Waals surface area contributed by atoms with Gasteiger partial charge in [-0.1, -0.05) is 11.6 Å². The van der Waals surface area contributed by atoms with E-state index in [1.807, 2.05) is 44.3 Å². The molecule has 0 atom stereocenters. The molecule has 1 fully saturated rings. The van der Waals surface area contributed by atoms with Gasteiger partial charge >= 0.3 is 0 Å². The molecule has 1 aliphatic rings. The van der Waals surface area contributed by atoms with Crippen LogP contribution >= 0.6 is 11.6 Å². The number of methoxy groups -OCH3 is 1. The van der Waals surface area contributed by atoms with Crippen LogP contribution in [0.5, 0.6) is 5.75 Å². The first-order chi connectivity index (χ1) is 14.0. The molecule has 2 heterocycles. The summed E-state index contributed by atoms with van der Waals surface area (Å²) in [7, 11) is 3.66. The molecule has 152 valence electrons. The third kappa shape index (κ3) is 3.85. The van der Waals surface area contributed by atoms with E-state index >= 15 is 0 Å². The summed E-state index contributed by atoms with van der Waals surface area (Å²) in [5.41, 5.74) is 4.04. The second kappa shape index (κ2) is 8.09. The average Bonchev–Trinajstić information content (AvgIpc) is 2.99. The number of ketones is 1. The SMILES string of the molecule is COc1ccc2c(c1)c(C(=O)CN1CCN(c3ccc(Cl)cc3)CC1)c(C)n2C. The molecule has 1 saturated heterocycles. The van der Waals surface area contributed by atoms with Gasteiger partial charge in [-0.25, -0.2) is 0 Å². The molecular weight excluding hydrogens is 386 g/mol. The Balaban J connectivity index is 1.48. The Morgan fingerprint density at radius 2 is 1.76 bits per heavy atom. The summed E-state index contributed by atoms with van der Waals surface area (Å²) in [6.45, 7) is 5.97. The Morgan fingerprint density at radius 3 is 2.41 bits per heavy atom. The number of anilines is 1. The summed E-state index contributed by atoms with van der Waals surface area (Å²) in [5.74, 6) is 0.940. The zero-order valence-corrected chi connectivity index (χ0v) is 17.9. The molecule has 3 aromatic rings. The van der Waals surface area contributed by atoms with E-state index in [-0.39, 0.29) is 5.78 Å². The minimum atomic E-state index is 0.168. The van der Waals surface area contributed by atoms with Crippen LogP contribution in [0.1, 0.15) is 16.1 Å². The number of ether oxygens (including phenoxy) is 1. The van der Waals surface area contributed by atoms with E-state index in [1.165, 1.54) is 5.69 Å². The molecule has 4 rings (SSSR count). The molecule has 0 bridgehead atoms. The van der Waals surface area contributed by atoms with Crippen molar-refractivity contribution in [3.8, 4) is 5.75 Å². The van der Waals surface area contributed by atoms with Crippen LogP contribution in [0.15, 0.2) is 42.5 Å². The first-order valence-electron chi connectivity index (χ1n) is 9.87. The number of carbonyl (C=O) groups excluding carboxylic acids is 1. The zero-order chi connectivity index (χ0) is 20.5. The lowest BCUT2D eigenvalue weighted by Gasteiger charge is -2.35. The molecule has 6 heteroatoms. The second-order valence-electron chi connectivity index (χ2n) is 7.57. The molecular formula is C23H26ClN3O2. The fraction of sp³-hybridized carbons (Fsp3) is 0.348. The number of Topliss-reactive ketones (excluding diaryl/α,β-unsaturated/α-hetero) is 1. The van der Waals surface area contributed by atoms with E-state index in [0.29, 0.717) is 6.54 Å². The van der Waals surface area contributed by atoms with Crippen LogP contribution in [0.3, 0.4) is 0 Å². The maximum Gasteiger partial charge on any atom is 0.179 e. The zero-order valence-electron chi connectivity index (χ0n) is 17.1. The number of piperazine rings is 1. The summed E-state index contributed by atoms with van der Waals surface area (Å²) in [4.78, 5) is 17.8. The van der Waals surface area contributed by atoms with Crippen molar-refractivity contribution in [1.82, 2.24) is 9.47 Å². The maximum atomic E-state index is 13.2. The van der Waals surface area contributed by atoms with Crippen molar-refractivity contribution in [2.24, 2.45) is 7.05 Å². The lowest BCUT2D eigenvalue weighted by atomic mass is 10.1. The molecule has 0 N–H and O–H groups in total. The lowest BCUT2D eigenvalue weighted by molar-refractivity contribution is 0.0927. The quantitative estimate of drug-likeness (QED) is 0.591. The highest BCUT2D eigenvalue weighted by molar-refractivity contribution is 6.30. The summed E-state index contributed by atoms with van der Waals surface area (Å²) in [5, 5.41) is 1.72. The highest BCUT2D eigenvalue weighted by atomic mass is 35.5. The van der Waals surface area contributed by atoms with Gasteiger partial charge in [0.15, 0.2) is 5.78 Å². The smallest absolute Gasteiger partial charge is 0.179 e. The van der Waals surface area contributed by atoms with Gasteiger partial charge < -0.3 is 14.2 Å². The molecule has 0 amide bonds. The van der Waals surface area contributed by atoms with Gasteiger partial charge in [0.05, 0.1) is 13.7 Å². The van der Waals surface area contributed by atoms with Crippen molar-refractivity contribution in [2.45, 2.75) is 6.92 Å². The van der Waals surface area contributed by atoms with Gasteiger partial charge in [-0.2, -0.15) is 0 Å². The first-order valence-corrected chi connectivity index (χ1v) is 10.2. The van der Waals surface area contributed by atoms with E-state index in [9.17, 15) is 4.79 Å². The minimum Gasteiger partial charge on any atom is -0.497 e. The third-order valence-electron chi connectivity index (χ3n) is 5.91. The van der Waals surface area contributed by atoms with Crippen molar-refractivity contribution in [3.05, 3.63) is 58.7 Å². The highest BCUT2D eigenvalue weighted by Crippen LogP contribution is 2.29. The summed E-state index contributed by atoms with van der Waals surface area (Å²) in [6.07, 6.45) is 0. The van der Waals surface area contributed by atoms with Crippen molar-refractivity contribution < 1.29 is 9.53 Å². The number of aryl methyl sites for hydroxylation is 1. The number of benzene rings is 2. The van der Waals surface area contributed by atoms with Gasteiger partial charge in [0, 0.05) is 66.1 Å². The molecule has 29 heavy (non-hydrogen) atoms. The Hall–Kier alpha value is -2.50. The van der Waals surface area contributed by atoms with Crippen LogP contribution in [0.4, 0.5) is 5.69 Å². The standard InChI is InChI=1S/C23H26ClN3O2/c1-16-23(20-14-19(29-3)8-9-21(20)25(16)2)22(28)15-26-10-12-27(13-11-26)18-6-4-17(24)5-7-18/h4-9,14H,10-13,15H2,1-3H3. The molecule has 0 spiro atoms. The van der Waals surface area contributed by atoms with Gasteiger partial charge in [-0.3, -0.25) is 9.69 Å². The number of fused-ring (bicyclic) bond motifs is 1. The second-order valence-corrected chi connectivity index (χ2v) is 8.00. The van der Waals surface area contributed by atoms with Crippen LogP contribution in [0, 0.1) is 6.92 Å². The Bertz CT molecular complexity index is 1030. The van der Waals surface area contributed by atoms with E-state index in [4.69, 9.17) is 16.3 Å². The van der Waals surface area contributed by atoms with Crippen LogP contribution < -0.4 is 9.64 Å². The number of aromatic nitrogens is 1. The molecule has 0 saturated carbocycles. The fourth-order valence-electron chi connectivity index (χ4n) is 4.13. The van der Waals surface area contributed by atoms with Crippen LogP contribution in [-0.2, 0) is 7.05 Å². The van der Waals surface area contributed by atoms with Gasteiger partial charge in [-0.15, -0.1) is 0 Å². The van der Waals surface area contributed by atoms with Crippen molar-refractivity contribution >= 4 is 34.0 Å². The molecule has 0 aliphatic carbocycles. The van der Waals surface area contributed by atoms with Crippen molar-refractivity contribution in [1.29, 1.82) is 0 Å². The number of hydrogen-bond donors (Lipinski definition) is 0. The molecule has 5 nitrogen and oxygen atoms in total. The van der Waals surface area contributed by atoms with E-state index < -0.39 is 0 Å². The van der Waals surface area contributed by atoms with E-state index in [1.54, 1.807) is 7.11 Å². The number of carbonyl (C=O) groups is 1. The molecule has 1 aliphatic heterocycles. The third-order valence-corrected chi connectivity index (χ3v) is 6.16. The summed E-state index contributed by atoms with van der Waals surface area (Å²) >= 11 is 5.99. The molecule has 2 aromatic carbocycles. The van der Waals surface area contributed by atoms with Gasteiger partial charge in [0.2, 0.25) is 0 Å². The van der Waals surface area contributed by atoms with Crippen LogP contribution in [-0.4, -0.2) is 55.1 Å². The summed E-state index contributed by atoms with van der Waals surface area (Å²) < 4.78 is 7.46. The number of nitrogens with zero attached hydrogens (tertiary/aromatic N) is 3. The van der Waals surface area contributed by atoms with Crippen molar-refractivity contribution in [2.75, 3.05) is 44.7 Å². The lowest BCUT2D eigenvalue weighted by Crippen LogP contribution is -2.48. The highest BCUT2D eigenvalue weighted by Gasteiger charge is 2.24. The minimum absolute atomic E-state index is 0.168. The number of hydrogen-bond acceptors (Lipinski definition) is 4. The fourth-order valence-corrected chi connectivity index (χ4v) is 4.25. The Morgan fingerprint density at radius 1 is 1.07 bits per heavy atom. The summed E-state index contributed by atoms with van der Waals surface area (Å²) in [6, 6.07) is 13.9. The van der Waals surface area contributed by atoms with Gasteiger partial charge in [0.1, 0.15) is 5.75 Å². The van der Waals surface area contributed by atoms with Crippen LogP contribution in [0.2, 0.25) is 5.02 Å². The first kappa shape index (κ1) is 19.8. The number of rotatable bonds is 5. The maximum absolute atomic E-state index is 13.2. The Kier molecular flexibility index (Phi) is 5.52. The van der Waals surface area contributed by atoms with E-state index in [2.05, 4.69) is 26.5 Å².